The molecule has 150 valence electrons. The van der Waals surface area contributed by atoms with E-state index in [0.717, 1.165) is 38.0 Å². The Kier molecular flexibility index (Phi) is 4.67. The van der Waals surface area contributed by atoms with Gasteiger partial charge in [0.2, 0.25) is 0 Å². The minimum absolute atomic E-state index is 0.0460. The van der Waals surface area contributed by atoms with E-state index in [0.29, 0.717) is 10.1 Å². The summed E-state index contributed by atoms with van der Waals surface area (Å²) in [5.74, 6) is 0.748. The number of hydrogen-bond donors (Lipinski definition) is 0. The van der Waals surface area contributed by atoms with Crippen LogP contribution in [0.25, 0.3) is 10.9 Å². The number of thioether (sulfide) groups is 2. The zero-order valence-corrected chi connectivity index (χ0v) is 18.3. The van der Waals surface area contributed by atoms with E-state index < -0.39 is 0 Å². The van der Waals surface area contributed by atoms with Crippen molar-refractivity contribution in [3.63, 3.8) is 0 Å². The molecule has 1 fully saturated rings. The standard InChI is InChI=1S/C22H18N4O2S2/c1-25-17-12-15(28-3)7-9-18(17)29-21(25)19-20(27)26(2)22(30-19)24-14-6-8-16-13(11-14)5-4-10-23-16/h4-12H,1-3H3/b21-19-,24-22?. The maximum absolute atomic E-state index is 13.0. The molecule has 0 atom stereocenters. The number of pyridine rings is 1. The molecule has 2 aliphatic heterocycles. The second-order valence-corrected chi connectivity index (χ2v) is 8.88. The fourth-order valence-corrected chi connectivity index (χ4v) is 5.68. The summed E-state index contributed by atoms with van der Waals surface area (Å²) >= 11 is 3.00. The number of amides is 1. The molecule has 0 radical (unpaired) electrons. The first-order valence-corrected chi connectivity index (χ1v) is 10.9. The number of amidine groups is 1. The second kappa shape index (κ2) is 7.37. The number of carbonyl (C=O) groups is 1. The van der Waals surface area contributed by atoms with Gasteiger partial charge in [0.15, 0.2) is 5.17 Å². The van der Waals surface area contributed by atoms with Crippen molar-refractivity contribution in [1.29, 1.82) is 0 Å². The van der Waals surface area contributed by atoms with Gasteiger partial charge in [-0.05, 0) is 48.2 Å². The first kappa shape index (κ1) is 19.0. The van der Waals surface area contributed by atoms with Crippen LogP contribution in [0.2, 0.25) is 0 Å². The van der Waals surface area contributed by atoms with Gasteiger partial charge in [-0.3, -0.25) is 14.7 Å². The molecular formula is C22H18N4O2S2. The number of nitrogens with zero attached hydrogens (tertiary/aromatic N) is 4. The van der Waals surface area contributed by atoms with E-state index in [4.69, 9.17) is 9.73 Å². The maximum Gasteiger partial charge on any atom is 0.269 e. The van der Waals surface area contributed by atoms with Gasteiger partial charge in [0.05, 0.1) is 29.0 Å². The third-order valence-corrected chi connectivity index (χ3v) is 7.51. The van der Waals surface area contributed by atoms with Crippen LogP contribution in [0.3, 0.4) is 0 Å². The normalized spacial score (nSPS) is 19.8. The zero-order chi connectivity index (χ0) is 20.8. The van der Waals surface area contributed by atoms with Gasteiger partial charge in [0.1, 0.15) is 10.7 Å². The van der Waals surface area contributed by atoms with Crippen LogP contribution in [-0.4, -0.2) is 42.2 Å². The number of aromatic nitrogens is 1. The van der Waals surface area contributed by atoms with E-state index in [9.17, 15) is 4.79 Å². The van der Waals surface area contributed by atoms with Gasteiger partial charge < -0.3 is 9.64 Å². The van der Waals surface area contributed by atoms with E-state index in [1.165, 1.54) is 11.8 Å². The molecule has 1 saturated heterocycles. The summed E-state index contributed by atoms with van der Waals surface area (Å²) in [4.78, 5) is 27.5. The first-order chi connectivity index (χ1) is 14.5. The molecule has 0 aliphatic carbocycles. The molecule has 2 aliphatic rings. The number of anilines is 1. The maximum atomic E-state index is 13.0. The fraction of sp³-hybridized carbons (Fsp3) is 0.136. The van der Waals surface area contributed by atoms with Gasteiger partial charge in [-0.25, -0.2) is 4.99 Å². The Morgan fingerprint density at radius 2 is 1.90 bits per heavy atom. The molecule has 6 nitrogen and oxygen atoms in total. The number of carbonyl (C=O) groups excluding carboxylic acids is 1. The lowest BCUT2D eigenvalue weighted by Gasteiger charge is -2.15. The number of fused-ring (bicyclic) bond motifs is 2. The van der Waals surface area contributed by atoms with Crippen molar-refractivity contribution >= 4 is 56.9 Å². The van der Waals surface area contributed by atoms with Crippen molar-refractivity contribution in [2.24, 2.45) is 4.99 Å². The Bertz CT molecular complexity index is 1250. The summed E-state index contributed by atoms with van der Waals surface area (Å²) in [6.45, 7) is 0. The molecule has 3 heterocycles. The van der Waals surface area contributed by atoms with E-state index in [1.807, 2.05) is 60.5 Å². The van der Waals surface area contributed by atoms with Crippen molar-refractivity contribution in [3.8, 4) is 5.75 Å². The Morgan fingerprint density at radius 3 is 2.73 bits per heavy atom. The summed E-state index contributed by atoms with van der Waals surface area (Å²) < 4.78 is 5.34. The Balaban J connectivity index is 1.50. The Hall–Kier alpha value is -2.97. The van der Waals surface area contributed by atoms with Crippen LogP contribution in [0.15, 0.2) is 74.5 Å². The van der Waals surface area contributed by atoms with E-state index in [1.54, 1.807) is 37.0 Å². The topological polar surface area (TPSA) is 58.0 Å². The SMILES string of the molecule is COc1ccc2c(c1)N(C)/C(=C1/SC(=Nc3ccc4ncccc4c3)N(C)C1=O)S2. The predicted octanol–water partition coefficient (Wildman–Crippen LogP) is 4.85. The summed E-state index contributed by atoms with van der Waals surface area (Å²) in [5, 5.41) is 2.59. The minimum Gasteiger partial charge on any atom is -0.497 e. The zero-order valence-electron chi connectivity index (χ0n) is 16.6. The lowest BCUT2D eigenvalue weighted by molar-refractivity contribution is -0.121. The number of benzene rings is 2. The Labute approximate surface area is 182 Å². The van der Waals surface area contributed by atoms with Crippen LogP contribution < -0.4 is 9.64 Å². The average molecular weight is 435 g/mol. The highest BCUT2D eigenvalue weighted by molar-refractivity contribution is 8.19. The summed E-state index contributed by atoms with van der Waals surface area (Å²) in [5.41, 5.74) is 2.75. The number of ether oxygens (including phenoxy) is 1. The molecule has 0 spiro atoms. The largest absolute Gasteiger partial charge is 0.497 e. The molecular weight excluding hydrogens is 416 g/mol. The van der Waals surface area contributed by atoms with Gasteiger partial charge in [-0.1, -0.05) is 17.8 Å². The molecule has 30 heavy (non-hydrogen) atoms. The van der Waals surface area contributed by atoms with Crippen molar-refractivity contribution in [2.75, 3.05) is 26.1 Å². The third kappa shape index (κ3) is 3.12. The van der Waals surface area contributed by atoms with Gasteiger partial charge in [0.25, 0.3) is 5.91 Å². The quantitative estimate of drug-likeness (QED) is 0.538. The first-order valence-electron chi connectivity index (χ1n) is 9.28. The average Bonchev–Trinajstić information content (AvgIpc) is 3.24. The molecule has 0 N–H and O–H groups in total. The van der Waals surface area contributed by atoms with E-state index >= 15 is 0 Å². The summed E-state index contributed by atoms with van der Waals surface area (Å²) in [6.07, 6.45) is 1.77. The second-order valence-electron chi connectivity index (χ2n) is 6.87. The highest BCUT2D eigenvalue weighted by Gasteiger charge is 2.37. The molecule has 0 saturated carbocycles. The van der Waals surface area contributed by atoms with Crippen LogP contribution in [0.4, 0.5) is 11.4 Å². The summed E-state index contributed by atoms with van der Waals surface area (Å²) in [6, 6.07) is 15.7. The molecule has 1 amide bonds. The smallest absolute Gasteiger partial charge is 0.269 e. The van der Waals surface area contributed by atoms with E-state index in [-0.39, 0.29) is 5.91 Å². The lowest BCUT2D eigenvalue weighted by atomic mass is 10.2. The highest BCUT2D eigenvalue weighted by Crippen LogP contribution is 2.50. The minimum atomic E-state index is -0.0460. The highest BCUT2D eigenvalue weighted by atomic mass is 32.2. The van der Waals surface area contributed by atoms with Gasteiger partial charge in [-0.15, -0.1) is 0 Å². The lowest BCUT2D eigenvalue weighted by Crippen LogP contribution is -2.24. The Morgan fingerprint density at radius 1 is 1.03 bits per heavy atom. The number of hydrogen-bond acceptors (Lipinski definition) is 7. The molecule has 0 bridgehead atoms. The number of aliphatic imine (C=N–C) groups is 1. The molecule has 8 heteroatoms. The van der Waals surface area contributed by atoms with Crippen LogP contribution in [0.5, 0.6) is 5.75 Å². The fourth-order valence-electron chi connectivity index (χ4n) is 3.37. The van der Waals surface area contributed by atoms with Gasteiger partial charge in [-0.2, -0.15) is 0 Å². The van der Waals surface area contributed by atoms with Gasteiger partial charge >= 0.3 is 0 Å². The van der Waals surface area contributed by atoms with E-state index in [2.05, 4.69) is 4.98 Å². The number of likely N-dealkylation sites (N-methyl/N-ethyl adjacent to an activating group) is 1. The number of methoxy groups -OCH3 is 1. The van der Waals surface area contributed by atoms with Gasteiger partial charge in [0, 0.05) is 36.6 Å². The molecule has 3 aromatic rings. The van der Waals surface area contributed by atoms with Crippen molar-refractivity contribution in [3.05, 3.63) is 64.7 Å². The molecule has 2 aromatic carbocycles. The van der Waals surface area contributed by atoms with Crippen LogP contribution in [0, 0.1) is 0 Å². The molecule has 5 rings (SSSR count). The van der Waals surface area contributed by atoms with Crippen LogP contribution >= 0.6 is 23.5 Å². The predicted molar refractivity (Wildman–Crippen MR) is 123 cm³/mol. The monoisotopic (exact) mass is 434 g/mol. The molecule has 0 unspecified atom stereocenters. The summed E-state index contributed by atoms with van der Waals surface area (Å²) in [7, 11) is 5.39. The van der Waals surface area contributed by atoms with Crippen molar-refractivity contribution < 1.29 is 9.53 Å². The van der Waals surface area contributed by atoms with Crippen molar-refractivity contribution in [2.45, 2.75) is 4.90 Å². The van der Waals surface area contributed by atoms with Crippen molar-refractivity contribution in [1.82, 2.24) is 9.88 Å². The third-order valence-electron chi connectivity index (χ3n) is 5.02. The van der Waals surface area contributed by atoms with Crippen LogP contribution in [-0.2, 0) is 4.79 Å². The number of rotatable bonds is 2. The van der Waals surface area contributed by atoms with Crippen LogP contribution in [0.1, 0.15) is 0 Å². The molecule has 1 aromatic heterocycles.